The number of hydrogen-bond donors (Lipinski definition) is 1. The lowest BCUT2D eigenvalue weighted by Gasteiger charge is -2.36. The number of aromatic nitrogens is 4. The summed E-state index contributed by atoms with van der Waals surface area (Å²) in [6.07, 6.45) is 7.75. The zero-order chi connectivity index (χ0) is 24.6. The minimum Gasteiger partial charge on any atom is -0.351 e. The van der Waals surface area contributed by atoms with Gasteiger partial charge in [0.1, 0.15) is 0 Å². The van der Waals surface area contributed by atoms with Crippen molar-refractivity contribution in [3.8, 4) is 5.95 Å². The first-order valence-corrected chi connectivity index (χ1v) is 13.1. The van der Waals surface area contributed by atoms with E-state index in [-0.39, 0.29) is 5.91 Å². The molecule has 0 atom stereocenters. The van der Waals surface area contributed by atoms with Gasteiger partial charge in [-0.25, -0.2) is 23.4 Å². The Bertz CT molecular complexity index is 1500. The molecule has 180 valence electrons. The lowest BCUT2D eigenvalue weighted by atomic mass is 10.1. The quantitative estimate of drug-likeness (QED) is 0.438. The highest BCUT2D eigenvalue weighted by molar-refractivity contribution is 7.92. The number of amides is 1. The van der Waals surface area contributed by atoms with Crippen LogP contribution in [-0.4, -0.2) is 71.2 Å². The van der Waals surface area contributed by atoms with Crippen molar-refractivity contribution in [1.29, 1.82) is 0 Å². The minimum absolute atomic E-state index is 0.109. The molecule has 0 saturated carbocycles. The van der Waals surface area contributed by atoms with Crippen LogP contribution in [0.5, 0.6) is 0 Å². The molecule has 5 rings (SSSR count). The van der Waals surface area contributed by atoms with Crippen molar-refractivity contribution in [1.82, 2.24) is 24.4 Å². The molecule has 4 aromatic rings. The number of halogens is 1. The van der Waals surface area contributed by atoms with Gasteiger partial charge in [0.05, 0.1) is 23.0 Å². The minimum atomic E-state index is -3.45. The topological polar surface area (TPSA) is 113 Å². The zero-order valence-corrected chi connectivity index (χ0v) is 20.4. The van der Waals surface area contributed by atoms with E-state index < -0.39 is 10.0 Å². The van der Waals surface area contributed by atoms with Crippen LogP contribution in [0, 0.1) is 0 Å². The maximum Gasteiger partial charge on any atom is 0.256 e. The molecule has 3 aromatic heterocycles. The number of rotatable bonds is 5. The highest BCUT2D eigenvalue weighted by Crippen LogP contribution is 2.29. The van der Waals surface area contributed by atoms with Gasteiger partial charge in [0, 0.05) is 61.4 Å². The molecule has 1 N–H and O–H groups in total. The molecule has 1 saturated heterocycles. The molecule has 10 nitrogen and oxygen atoms in total. The van der Waals surface area contributed by atoms with E-state index in [0.717, 1.165) is 17.2 Å². The van der Waals surface area contributed by atoms with E-state index in [1.165, 1.54) is 0 Å². The van der Waals surface area contributed by atoms with Crippen molar-refractivity contribution in [3.63, 3.8) is 0 Å². The normalized spacial score (nSPS) is 14.3. The highest BCUT2D eigenvalue weighted by atomic mass is 35.5. The van der Waals surface area contributed by atoms with Gasteiger partial charge in [-0.2, -0.15) is 0 Å². The summed E-state index contributed by atoms with van der Waals surface area (Å²) in [6.45, 7) is 1.92. The van der Waals surface area contributed by atoms with Gasteiger partial charge in [-0.15, -0.1) is 0 Å². The van der Waals surface area contributed by atoms with Gasteiger partial charge in [0.25, 0.3) is 5.91 Å². The number of hydrogen-bond acceptors (Lipinski definition) is 7. The summed E-state index contributed by atoms with van der Waals surface area (Å²) in [5.41, 5.74) is 1.70. The molecular weight excluding hydrogens is 490 g/mol. The predicted octanol–water partition coefficient (Wildman–Crippen LogP) is 2.80. The zero-order valence-electron chi connectivity index (χ0n) is 18.8. The summed E-state index contributed by atoms with van der Waals surface area (Å²) in [7, 11) is -3.45. The maximum absolute atomic E-state index is 13.6. The van der Waals surface area contributed by atoms with Crippen LogP contribution < -0.4 is 9.62 Å². The number of nitrogens with zero attached hydrogens (tertiary/aromatic N) is 6. The fourth-order valence-corrected chi connectivity index (χ4v) is 4.90. The number of carbonyl (C=O) groups excluding carboxylic acids is 1. The van der Waals surface area contributed by atoms with Crippen LogP contribution in [0.4, 0.5) is 11.5 Å². The average Bonchev–Trinajstić information content (AvgIpc) is 3.22. The molecule has 12 heteroatoms. The Kier molecular flexibility index (Phi) is 6.03. The van der Waals surface area contributed by atoms with Gasteiger partial charge in [-0.1, -0.05) is 17.7 Å². The molecule has 0 spiro atoms. The van der Waals surface area contributed by atoms with Gasteiger partial charge in [-0.3, -0.25) is 14.1 Å². The molecule has 0 aliphatic carbocycles. The summed E-state index contributed by atoms with van der Waals surface area (Å²) < 4.78 is 27.8. The third kappa shape index (κ3) is 4.77. The monoisotopic (exact) mass is 511 g/mol. The third-order valence-electron chi connectivity index (χ3n) is 5.71. The molecule has 0 radical (unpaired) electrons. The van der Waals surface area contributed by atoms with Crippen molar-refractivity contribution in [2.45, 2.75) is 0 Å². The van der Waals surface area contributed by atoms with Crippen molar-refractivity contribution in [2.75, 3.05) is 42.1 Å². The first-order valence-electron chi connectivity index (χ1n) is 10.9. The molecule has 1 aliphatic heterocycles. The summed E-state index contributed by atoms with van der Waals surface area (Å²) >= 11 is 6.24. The van der Waals surface area contributed by atoms with Crippen molar-refractivity contribution in [2.24, 2.45) is 0 Å². The van der Waals surface area contributed by atoms with E-state index >= 15 is 0 Å². The lowest BCUT2D eigenvalue weighted by molar-refractivity contribution is 0.0748. The summed E-state index contributed by atoms with van der Waals surface area (Å²) in [4.78, 5) is 30.3. The maximum atomic E-state index is 13.6. The van der Waals surface area contributed by atoms with E-state index in [1.54, 1.807) is 64.6 Å². The second kappa shape index (κ2) is 9.16. The molecule has 1 aliphatic rings. The Morgan fingerprint density at radius 2 is 1.71 bits per heavy atom. The Morgan fingerprint density at radius 3 is 2.43 bits per heavy atom. The number of pyridine rings is 1. The van der Waals surface area contributed by atoms with Crippen LogP contribution in [0.1, 0.15) is 10.4 Å². The average molecular weight is 512 g/mol. The van der Waals surface area contributed by atoms with Crippen LogP contribution in [0.15, 0.2) is 61.2 Å². The molecule has 1 amide bonds. The molecule has 1 aromatic carbocycles. The van der Waals surface area contributed by atoms with Crippen molar-refractivity contribution < 1.29 is 13.2 Å². The first kappa shape index (κ1) is 23.1. The highest BCUT2D eigenvalue weighted by Gasteiger charge is 2.27. The molecule has 4 heterocycles. The number of fused-ring (bicyclic) bond motifs is 1. The second-order valence-corrected chi connectivity index (χ2v) is 10.3. The van der Waals surface area contributed by atoms with Crippen LogP contribution in [0.3, 0.4) is 0 Å². The van der Waals surface area contributed by atoms with Crippen LogP contribution in [0.2, 0.25) is 5.02 Å². The van der Waals surface area contributed by atoms with Gasteiger partial charge >= 0.3 is 0 Å². The van der Waals surface area contributed by atoms with Gasteiger partial charge in [0.2, 0.25) is 16.0 Å². The molecular formula is C23H22ClN7O3S. The summed E-state index contributed by atoms with van der Waals surface area (Å²) in [6, 6.07) is 10.5. The van der Waals surface area contributed by atoms with E-state index in [1.807, 2.05) is 11.0 Å². The number of piperazine rings is 1. The molecule has 0 bridgehead atoms. The first-order chi connectivity index (χ1) is 16.8. The molecule has 1 fully saturated rings. The summed E-state index contributed by atoms with van der Waals surface area (Å²) in [5, 5.41) is 1.31. The van der Waals surface area contributed by atoms with E-state index in [4.69, 9.17) is 11.6 Å². The number of nitrogens with one attached hydrogen (secondary N) is 1. The number of carbonyl (C=O) groups is 1. The second-order valence-electron chi connectivity index (χ2n) is 8.15. The fraction of sp³-hybridized carbons (Fsp3) is 0.217. The van der Waals surface area contributed by atoms with E-state index in [2.05, 4.69) is 19.7 Å². The van der Waals surface area contributed by atoms with Crippen LogP contribution in [0.25, 0.3) is 16.9 Å². The lowest BCUT2D eigenvalue weighted by Crippen LogP contribution is -2.49. The van der Waals surface area contributed by atoms with E-state index in [0.29, 0.717) is 54.2 Å². The largest absolute Gasteiger partial charge is 0.351 e. The Labute approximate surface area is 207 Å². The molecule has 35 heavy (non-hydrogen) atoms. The Hall–Kier alpha value is -3.70. The predicted molar refractivity (Wildman–Crippen MR) is 135 cm³/mol. The van der Waals surface area contributed by atoms with Crippen LogP contribution >= 0.6 is 11.6 Å². The number of benzene rings is 1. The van der Waals surface area contributed by atoms with Gasteiger partial charge < -0.3 is 9.80 Å². The van der Waals surface area contributed by atoms with Crippen molar-refractivity contribution >= 4 is 49.9 Å². The SMILES string of the molecule is CS(=O)(=O)Nc1cccnc1N1CCN(C(=O)c2cn(-c3ncccn3)c3cc(Cl)ccc23)CC1. The number of sulfonamides is 1. The Balaban J connectivity index is 1.40. The third-order valence-corrected chi connectivity index (χ3v) is 6.54. The van der Waals surface area contributed by atoms with Crippen LogP contribution in [-0.2, 0) is 10.0 Å². The van der Waals surface area contributed by atoms with Gasteiger partial charge in [-0.05, 0) is 30.3 Å². The standard InChI is InChI=1S/C23H22ClN7O3S/c1-35(33,34)28-19-4-2-7-25-21(19)29-10-12-30(13-11-29)22(32)18-15-31(23-26-8-3-9-27-23)20-14-16(24)5-6-17(18)20/h2-9,14-15,28H,10-13H2,1H3. The molecule has 0 unspecified atom stereocenters. The summed E-state index contributed by atoms with van der Waals surface area (Å²) in [5.74, 6) is 0.879. The Morgan fingerprint density at radius 1 is 1.00 bits per heavy atom. The smallest absolute Gasteiger partial charge is 0.256 e. The van der Waals surface area contributed by atoms with Gasteiger partial charge in [0.15, 0.2) is 5.82 Å². The fourth-order valence-electron chi connectivity index (χ4n) is 4.17. The van der Waals surface area contributed by atoms with Crippen molar-refractivity contribution in [3.05, 3.63) is 71.8 Å². The number of anilines is 2. The van der Waals surface area contributed by atoms with E-state index in [9.17, 15) is 13.2 Å².